The van der Waals surface area contributed by atoms with Crippen LogP contribution in [-0.2, 0) is 4.79 Å². The number of hydrazone groups is 1. The summed E-state index contributed by atoms with van der Waals surface area (Å²) in [6.45, 7) is 1.78. The van der Waals surface area contributed by atoms with Crippen LogP contribution in [0.2, 0.25) is 0 Å². The molecule has 0 aliphatic heterocycles. The van der Waals surface area contributed by atoms with Gasteiger partial charge in [0.1, 0.15) is 5.75 Å². The fraction of sp³-hybridized carbons (Fsp3) is 0.176. The molecule has 24 heavy (non-hydrogen) atoms. The Balaban J connectivity index is 1.92. The lowest BCUT2D eigenvalue weighted by Crippen LogP contribution is -2.24. The minimum atomic E-state index is -0.408. The van der Waals surface area contributed by atoms with Crippen molar-refractivity contribution in [3.05, 3.63) is 52.0 Å². The maximum atomic E-state index is 11.7. The van der Waals surface area contributed by atoms with Gasteiger partial charge in [0.15, 0.2) is 18.1 Å². The van der Waals surface area contributed by atoms with Crippen LogP contribution in [0.1, 0.15) is 11.1 Å². The van der Waals surface area contributed by atoms with Crippen molar-refractivity contribution in [3.8, 4) is 17.2 Å². The van der Waals surface area contributed by atoms with Gasteiger partial charge in [-0.15, -0.1) is 0 Å². The zero-order valence-corrected chi connectivity index (χ0v) is 14.8. The van der Waals surface area contributed by atoms with E-state index in [1.54, 1.807) is 18.2 Å². The molecule has 0 heterocycles. The molecule has 2 aromatic carbocycles. The molecule has 0 saturated heterocycles. The van der Waals surface area contributed by atoms with E-state index in [-0.39, 0.29) is 12.4 Å². The van der Waals surface area contributed by atoms with Crippen molar-refractivity contribution in [2.75, 3.05) is 13.7 Å². The standard InChI is InChI=1S/C17H17BrN2O4/c1-11-4-3-5-14(6-11)24-10-16(21)20-19-9-12-7-13(18)8-15(23-2)17(12)22/h3-9,22H,10H2,1-2H3,(H,20,21)/b19-9+. The van der Waals surface area contributed by atoms with Gasteiger partial charge in [-0.1, -0.05) is 28.1 Å². The first-order chi connectivity index (χ1) is 11.5. The Kier molecular flexibility index (Phi) is 6.20. The molecule has 0 bridgehead atoms. The number of hydrogen-bond donors (Lipinski definition) is 2. The number of aromatic hydroxyl groups is 1. The molecule has 0 fully saturated rings. The number of phenolic OH excluding ortho intramolecular Hbond substituents is 1. The van der Waals surface area contributed by atoms with E-state index in [0.717, 1.165) is 5.56 Å². The molecule has 0 radical (unpaired) electrons. The van der Waals surface area contributed by atoms with E-state index < -0.39 is 5.91 Å². The number of nitrogens with one attached hydrogen (secondary N) is 1. The number of nitrogens with zero attached hydrogens (tertiary/aromatic N) is 1. The van der Waals surface area contributed by atoms with E-state index in [1.807, 2.05) is 25.1 Å². The molecule has 2 aromatic rings. The summed E-state index contributed by atoms with van der Waals surface area (Å²) in [5.41, 5.74) is 3.79. The molecule has 0 aliphatic carbocycles. The Hall–Kier alpha value is -2.54. The number of methoxy groups -OCH3 is 1. The van der Waals surface area contributed by atoms with Crippen molar-refractivity contribution in [2.45, 2.75) is 6.92 Å². The third-order valence-electron chi connectivity index (χ3n) is 3.04. The van der Waals surface area contributed by atoms with Crippen LogP contribution in [0.25, 0.3) is 0 Å². The minimum Gasteiger partial charge on any atom is -0.504 e. The van der Waals surface area contributed by atoms with E-state index in [0.29, 0.717) is 21.5 Å². The van der Waals surface area contributed by atoms with Gasteiger partial charge in [0, 0.05) is 10.0 Å². The number of hydrogen-bond acceptors (Lipinski definition) is 5. The fourth-order valence-electron chi connectivity index (χ4n) is 1.91. The topological polar surface area (TPSA) is 80.2 Å². The molecule has 2 rings (SSSR count). The van der Waals surface area contributed by atoms with Gasteiger partial charge in [-0.2, -0.15) is 5.10 Å². The first-order valence-electron chi connectivity index (χ1n) is 7.07. The number of phenols is 1. The highest BCUT2D eigenvalue weighted by atomic mass is 79.9. The molecule has 0 saturated carbocycles. The normalized spacial score (nSPS) is 10.6. The lowest BCUT2D eigenvalue weighted by Gasteiger charge is -2.07. The summed E-state index contributed by atoms with van der Waals surface area (Å²) in [5.74, 6) is 0.451. The third kappa shape index (κ3) is 4.99. The molecule has 0 aliphatic rings. The zero-order chi connectivity index (χ0) is 17.5. The van der Waals surface area contributed by atoms with E-state index >= 15 is 0 Å². The van der Waals surface area contributed by atoms with Crippen molar-refractivity contribution in [1.29, 1.82) is 0 Å². The number of amides is 1. The molecule has 2 N–H and O–H groups in total. The van der Waals surface area contributed by atoms with Crippen molar-refractivity contribution < 1.29 is 19.4 Å². The maximum Gasteiger partial charge on any atom is 0.277 e. The van der Waals surface area contributed by atoms with E-state index in [1.165, 1.54) is 13.3 Å². The SMILES string of the molecule is COc1cc(Br)cc(/C=N/NC(=O)COc2cccc(C)c2)c1O. The summed E-state index contributed by atoms with van der Waals surface area (Å²) in [4.78, 5) is 11.7. The van der Waals surface area contributed by atoms with Crippen LogP contribution in [0.5, 0.6) is 17.2 Å². The lowest BCUT2D eigenvalue weighted by molar-refractivity contribution is -0.123. The van der Waals surface area contributed by atoms with E-state index in [9.17, 15) is 9.90 Å². The largest absolute Gasteiger partial charge is 0.504 e. The van der Waals surface area contributed by atoms with Gasteiger partial charge in [0.2, 0.25) is 0 Å². The second-order valence-electron chi connectivity index (χ2n) is 4.94. The number of carbonyl (C=O) groups excluding carboxylic acids is 1. The summed E-state index contributed by atoms with van der Waals surface area (Å²) in [5, 5.41) is 13.8. The van der Waals surface area contributed by atoms with Crippen molar-refractivity contribution in [2.24, 2.45) is 5.10 Å². The van der Waals surface area contributed by atoms with Crippen LogP contribution < -0.4 is 14.9 Å². The molecule has 7 heteroatoms. The Morgan fingerprint density at radius 1 is 1.38 bits per heavy atom. The number of aryl methyl sites for hydroxylation is 1. The number of carbonyl (C=O) groups is 1. The molecule has 6 nitrogen and oxygen atoms in total. The second kappa shape index (κ2) is 8.35. The lowest BCUT2D eigenvalue weighted by atomic mass is 10.2. The number of halogens is 1. The van der Waals surface area contributed by atoms with Crippen molar-refractivity contribution in [3.63, 3.8) is 0 Å². The van der Waals surface area contributed by atoms with Gasteiger partial charge in [0.25, 0.3) is 5.91 Å². The molecule has 0 aromatic heterocycles. The van der Waals surface area contributed by atoms with E-state index in [2.05, 4.69) is 26.5 Å². The van der Waals surface area contributed by atoms with Gasteiger partial charge in [-0.05, 0) is 36.8 Å². The highest BCUT2D eigenvalue weighted by Crippen LogP contribution is 2.32. The summed E-state index contributed by atoms with van der Waals surface area (Å²) in [6, 6.07) is 10.7. The highest BCUT2D eigenvalue weighted by Gasteiger charge is 2.08. The predicted octanol–water partition coefficient (Wildman–Crippen LogP) is 3.00. The molecule has 0 atom stereocenters. The molecule has 0 spiro atoms. The zero-order valence-electron chi connectivity index (χ0n) is 13.2. The van der Waals surface area contributed by atoms with Gasteiger partial charge < -0.3 is 14.6 Å². The smallest absolute Gasteiger partial charge is 0.277 e. The monoisotopic (exact) mass is 392 g/mol. The average molecular weight is 393 g/mol. The van der Waals surface area contributed by atoms with Crippen LogP contribution in [0, 0.1) is 6.92 Å². The Morgan fingerprint density at radius 2 is 2.17 bits per heavy atom. The molecular formula is C17H17BrN2O4. The maximum absolute atomic E-state index is 11.7. The Bertz CT molecular complexity index is 762. The number of ether oxygens (including phenoxy) is 2. The van der Waals surface area contributed by atoms with Crippen LogP contribution >= 0.6 is 15.9 Å². The van der Waals surface area contributed by atoms with Crippen molar-refractivity contribution in [1.82, 2.24) is 5.43 Å². The van der Waals surface area contributed by atoms with Gasteiger partial charge in [0.05, 0.1) is 13.3 Å². The minimum absolute atomic E-state index is 0.0605. The number of rotatable bonds is 6. The van der Waals surface area contributed by atoms with E-state index in [4.69, 9.17) is 9.47 Å². The van der Waals surface area contributed by atoms with Gasteiger partial charge in [-0.3, -0.25) is 4.79 Å². The first-order valence-corrected chi connectivity index (χ1v) is 7.86. The highest BCUT2D eigenvalue weighted by molar-refractivity contribution is 9.10. The van der Waals surface area contributed by atoms with Crippen LogP contribution in [0.3, 0.4) is 0 Å². The molecule has 126 valence electrons. The van der Waals surface area contributed by atoms with Gasteiger partial charge in [-0.25, -0.2) is 5.43 Å². The fourth-order valence-corrected chi connectivity index (χ4v) is 2.36. The van der Waals surface area contributed by atoms with Crippen LogP contribution in [0.15, 0.2) is 46.0 Å². The van der Waals surface area contributed by atoms with Crippen LogP contribution in [-0.4, -0.2) is 30.9 Å². The summed E-state index contributed by atoms with van der Waals surface area (Å²) in [6.07, 6.45) is 1.33. The quantitative estimate of drug-likeness (QED) is 0.584. The second-order valence-corrected chi connectivity index (χ2v) is 5.86. The van der Waals surface area contributed by atoms with Gasteiger partial charge >= 0.3 is 0 Å². The van der Waals surface area contributed by atoms with Crippen molar-refractivity contribution >= 4 is 28.1 Å². The molecular weight excluding hydrogens is 376 g/mol. The molecule has 1 amide bonds. The Labute approximate surface area is 148 Å². The summed E-state index contributed by atoms with van der Waals surface area (Å²) >= 11 is 3.31. The predicted molar refractivity (Wildman–Crippen MR) is 94.8 cm³/mol. The average Bonchev–Trinajstić information content (AvgIpc) is 2.55. The molecule has 0 unspecified atom stereocenters. The summed E-state index contributed by atoms with van der Waals surface area (Å²) < 4.78 is 11.1. The Morgan fingerprint density at radius 3 is 2.88 bits per heavy atom. The number of benzene rings is 2. The third-order valence-corrected chi connectivity index (χ3v) is 3.50. The first kappa shape index (κ1) is 17.8. The summed E-state index contributed by atoms with van der Waals surface area (Å²) in [7, 11) is 1.45. The van der Waals surface area contributed by atoms with Crippen LogP contribution in [0.4, 0.5) is 0 Å².